The van der Waals surface area contributed by atoms with Crippen molar-refractivity contribution in [2.75, 3.05) is 67.1 Å². The highest BCUT2D eigenvalue weighted by molar-refractivity contribution is 5.97. The van der Waals surface area contributed by atoms with Gasteiger partial charge in [0.15, 0.2) is 46.0 Å². The van der Waals surface area contributed by atoms with Gasteiger partial charge in [0.1, 0.15) is 0 Å². The van der Waals surface area contributed by atoms with Gasteiger partial charge >= 0.3 is 11.9 Å². The normalized spacial score (nSPS) is 11.0. The maximum Gasteiger partial charge on any atom is 0.337 e. The number of rotatable bonds is 54. The molecule has 0 amide bonds. The molecule has 0 aliphatic carbocycles. The van der Waals surface area contributed by atoms with Crippen LogP contribution >= 0.6 is 0 Å². The van der Waals surface area contributed by atoms with E-state index in [9.17, 15) is 9.59 Å². The van der Waals surface area contributed by atoms with Crippen LogP contribution in [-0.4, -0.2) is 79.0 Å². The van der Waals surface area contributed by atoms with Crippen molar-refractivity contribution in [3.63, 3.8) is 0 Å². The molecule has 558 valence electrons. The molecule has 6 rings (SSSR count). The lowest BCUT2D eigenvalue weighted by Gasteiger charge is -2.27. The quantitative estimate of drug-likeness (QED) is 0.0205. The Hall–Kier alpha value is -7.78. The minimum absolute atomic E-state index is 0.405. The molecule has 6 aromatic carbocycles. The van der Waals surface area contributed by atoms with Gasteiger partial charge in [-0.2, -0.15) is 0 Å². The molecule has 0 saturated carbocycles. The number of hydrogen-bond donors (Lipinski definition) is 0. The van der Waals surface area contributed by atoms with Crippen LogP contribution in [-0.2, 0) is 9.47 Å². The van der Waals surface area contributed by atoms with Crippen LogP contribution in [0, 0.1) is 11.8 Å². The van der Waals surface area contributed by atoms with Gasteiger partial charge in [0.05, 0.1) is 100 Å². The fraction of sp³-hybridized carbons (Fsp3) is 0.556. The molecule has 12 nitrogen and oxygen atoms in total. The molecule has 6 aromatic rings. The SMILES string of the molecule is CCCCCCOc1c(OCCCCCC)c(-c2ccc(C(=O)OC)cc2)c(OCCCCCC)c(OCCCCCC)c1-c1ccc(C#Cc2ccc(-c3c(OCCCCCC)c(OCCCCCC)c(-c4ccc(C(=O)OC)cc4)c(OCCCCCC)c3OCCCCCC)cc2)cc1. The number of benzene rings is 6. The average Bonchev–Trinajstić information content (AvgIpc) is 0.753. The maximum atomic E-state index is 12.9. The predicted octanol–water partition coefficient (Wildman–Crippen LogP) is 25.0. The van der Waals surface area contributed by atoms with E-state index in [0.29, 0.717) is 110 Å². The van der Waals surface area contributed by atoms with Crippen LogP contribution in [0.2, 0.25) is 0 Å². The van der Waals surface area contributed by atoms with E-state index in [4.69, 9.17) is 47.4 Å². The summed E-state index contributed by atoms with van der Waals surface area (Å²) in [5, 5.41) is 0. The summed E-state index contributed by atoms with van der Waals surface area (Å²) in [5.41, 5.74) is 9.06. The number of carbonyl (C=O) groups excluding carboxylic acids is 2. The molecule has 0 radical (unpaired) electrons. The Bertz CT molecular complexity index is 3050. The third-order valence-electron chi connectivity index (χ3n) is 18.5. The molecule has 0 N–H and O–H groups in total. The highest BCUT2D eigenvalue weighted by atomic mass is 16.6. The lowest BCUT2D eigenvalue weighted by Crippen LogP contribution is -2.11. The second-order valence-corrected chi connectivity index (χ2v) is 26.9. The van der Waals surface area contributed by atoms with E-state index in [1.54, 1.807) is 24.3 Å². The van der Waals surface area contributed by atoms with Crippen molar-refractivity contribution >= 4 is 11.9 Å². The third-order valence-corrected chi connectivity index (χ3v) is 18.5. The number of methoxy groups -OCH3 is 2. The van der Waals surface area contributed by atoms with E-state index >= 15 is 0 Å². The summed E-state index contributed by atoms with van der Waals surface area (Å²) in [5.74, 6) is 11.1. The monoisotopic (exact) mass is 1400 g/mol. The van der Waals surface area contributed by atoms with E-state index in [0.717, 1.165) is 261 Å². The summed E-state index contributed by atoms with van der Waals surface area (Å²) in [6, 6.07) is 31.8. The van der Waals surface area contributed by atoms with Gasteiger partial charge in [-0.25, -0.2) is 9.59 Å². The first-order valence-electron chi connectivity index (χ1n) is 39.8. The number of unbranched alkanes of at least 4 members (excludes halogenated alkanes) is 24. The maximum absolute atomic E-state index is 12.9. The summed E-state index contributed by atoms with van der Waals surface area (Å²) >= 11 is 0. The first-order valence-corrected chi connectivity index (χ1v) is 39.8. The van der Waals surface area contributed by atoms with Crippen LogP contribution in [0.3, 0.4) is 0 Å². The Balaban J connectivity index is 1.57. The highest BCUT2D eigenvalue weighted by Crippen LogP contribution is 2.59. The molecule has 0 aliphatic rings. The molecule has 102 heavy (non-hydrogen) atoms. The molecule has 0 atom stereocenters. The van der Waals surface area contributed by atoms with Gasteiger partial charge in [-0.15, -0.1) is 0 Å². The summed E-state index contributed by atoms with van der Waals surface area (Å²) < 4.78 is 67.4. The standard InChI is InChI=1S/C90H126O12/c1-11-19-27-35-61-95-81-77(82(96-62-36-28-20-12-2)86(100-66-40-32-24-16-6)79(85(81)99-65-39-31-23-15-5)73-53-57-75(58-54-73)89(91)93-9)71-49-45-69(46-50-71)43-44-70-47-51-72(52-48-70)78-83(97-63-37-29-21-13-3)87(101-67-41-33-25-17-7)80(74-55-59-76(60-56-74)90(92)94-10)88(102-68-42-34-26-18-8)84(78)98-64-38-30-22-14-4/h45-60H,11-42,61-68H2,1-10H3. The van der Waals surface area contributed by atoms with Gasteiger partial charge in [0.2, 0.25) is 0 Å². The summed E-state index contributed by atoms with van der Waals surface area (Å²) in [6.45, 7) is 21.6. The van der Waals surface area contributed by atoms with E-state index in [1.165, 1.54) is 14.2 Å². The van der Waals surface area contributed by atoms with Crippen molar-refractivity contribution in [1.29, 1.82) is 0 Å². The van der Waals surface area contributed by atoms with Crippen LogP contribution in [0.5, 0.6) is 46.0 Å². The van der Waals surface area contributed by atoms with Crippen LogP contribution < -0.4 is 37.9 Å². The second-order valence-electron chi connectivity index (χ2n) is 26.9. The van der Waals surface area contributed by atoms with Crippen molar-refractivity contribution in [2.45, 2.75) is 261 Å². The van der Waals surface area contributed by atoms with Gasteiger partial charge in [-0.1, -0.05) is 270 Å². The van der Waals surface area contributed by atoms with Gasteiger partial charge in [-0.3, -0.25) is 0 Å². The summed E-state index contributed by atoms with van der Waals surface area (Å²) in [6.07, 6.45) is 33.0. The Kier molecular flexibility index (Phi) is 40.6. The first kappa shape index (κ1) is 83.2. The molecule has 0 unspecified atom stereocenters. The predicted molar refractivity (Wildman–Crippen MR) is 420 cm³/mol. The largest absolute Gasteiger partial charge is 0.489 e. The lowest BCUT2D eigenvalue weighted by molar-refractivity contribution is 0.0592. The molecule has 0 saturated heterocycles. The molecule has 0 spiro atoms. The number of ether oxygens (including phenoxy) is 10. The third kappa shape index (κ3) is 26.8. The Labute approximate surface area is 615 Å². The van der Waals surface area contributed by atoms with E-state index < -0.39 is 11.9 Å². The van der Waals surface area contributed by atoms with E-state index in [1.807, 2.05) is 24.3 Å². The first-order chi connectivity index (χ1) is 50.2. The van der Waals surface area contributed by atoms with Crippen molar-refractivity contribution in [2.24, 2.45) is 0 Å². The van der Waals surface area contributed by atoms with Crippen molar-refractivity contribution in [3.05, 3.63) is 119 Å². The second kappa shape index (κ2) is 49.8. The fourth-order valence-electron chi connectivity index (χ4n) is 12.5. The zero-order valence-corrected chi connectivity index (χ0v) is 64.4. The summed E-state index contributed by atoms with van der Waals surface area (Å²) in [4.78, 5) is 25.8. The Morgan fingerprint density at radius 1 is 0.235 bits per heavy atom. The topological polar surface area (TPSA) is 126 Å². The Morgan fingerprint density at radius 3 is 0.559 bits per heavy atom. The van der Waals surface area contributed by atoms with Gasteiger partial charge in [-0.05, 0) is 122 Å². The molecule has 0 heterocycles. The fourth-order valence-corrected chi connectivity index (χ4v) is 12.5. The van der Waals surface area contributed by atoms with Crippen LogP contribution in [0.15, 0.2) is 97.1 Å². The highest BCUT2D eigenvalue weighted by Gasteiger charge is 2.34. The molecule has 12 heteroatoms. The van der Waals surface area contributed by atoms with Crippen molar-refractivity contribution in [1.82, 2.24) is 0 Å². The van der Waals surface area contributed by atoms with Gasteiger partial charge in [0, 0.05) is 11.1 Å². The van der Waals surface area contributed by atoms with E-state index in [2.05, 4.69) is 116 Å². The van der Waals surface area contributed by atoms with Crippen LogP contribution in [0.25, 0.3) is 44.5 Å². The number of hydrogen-bond acceptors (Lipinski definition) is 12. The minimum atomic E-state index is -0.405. The van der Waals surface area contributed by atoms with Crippen molar-refractivity contribution < 1.29 is 57.0 Å². The molecular formula is C90H126O12. The molecule has 0 fully saturated rings. The minimum Gasteiger partial charge on any atom is -0.489 e. The average molecular weight is 1400 g/mol. The zero-order valence-electron chi connectivity index (χ0n) is 64.4. The van der Waals surface area contributed by atoms with E-state index in [-0.39, 0.29) is 0 Å². The van der Waals surface area contributed by atoms with Crippen LogP contribution in [0.1, 0.15) is 293 Å². The zero-order chi connectivity index (χ0) is 72.8. The van der Waals surface area contributed by atoms with Crippen LogP contribution in [0.4, 0.5) is 0 Å². The molecule has 0 aliphatic heterocycles. The molecule has 0 bridgehead atoms. The smallest absolute Gasteiger partial charge is 0.337 e. The number of esters is 2. The number of carbonyl (C=O) groups is 2. The molecular weight excluding hydrogens is 1270 g/mol. The van der Waals surface area contributed by atoms with Gasteiger partial charge < -0.3 is 47.4 Å². The lowest BCUT2D eigenvalue weighted by atomic mass is 9.93. The van der Waals surface area contributed by atoms with Gasteiger partial charge in [0.25, 0.3) is 0 Å². The van der Waals surface area contributed by atoms with Crippen molar-refractivity contribution in [3.8, 4) is 102 Å². The Morgan fingerprint density at radius 2 is 0.402 bits per heavy atom. The molecule has 0 aromatic heterocycles. The summed E-state index contributed by atoms with van der Waals surface area (Å²) in [7, 11) is 2.81.